The fourth-order valence-corrected chi connectivity index (χ4v) is 3.36. The zero-order chi connectivity index (χ0) is 16.9. The highest BCUT2D eigenvalue weighted by Gasteiger charge is 2.19. The lowest BCUT2D eigenvalue weighted by molar-refractivity contribution is 0.200. The molecule has 0 aromatic carbocycles. The second-order valence-corrected chi connectivity index (χ2v) is 6.51. The van der Waals surface area contributed by atoms with Gasteiger partial charge in [0.1, 0.15) is 11.8 Å². The molecule has 2 heterocycles. The van der Waals surface area contributed by atoms with E-state index in [1.807, 2.05) is 0 Å². The molecule has 9 nitrogen and oxygen atoms in total. The lowest BCUT2D eigenvalue weighted by Crippen LogP contribution is -2.13. The maximum absolute atomic E-state index is 12.3. The average Bonchev–Trinajstić information content (AvgIpc) is 2.91. The maximum atomic E-state index is 12.3. The number of fused-ring (bicyclic) bond motifs is 1. The monoisotopic (exact) mass is 341 g/mol. The van der Waals surface area contributed by atoms with Crippen molar-refractivity contribution in [3.63, 3.8) is 0 Å². The molecule has 1 unspecified atom stereocenters. The summed E-state index contributed by atoms with van der Waals surface area (Å²) in [5.74, 6) is 1.55. The lowest BCUT2D eigenvalue weighted by Gasteiger charge is -2.13. The number of anilines is 1. The predicted octanol–water partition coefficient (Wildman–Crippen LogP) is 1.55. The summed E-state index contributed by atoms with van der Waals surface area (Å²) in [6.45, 7) is 4.11. The number of hydrogen-bond acceptors (Lipinski definition) is 8. The Morgan fingerprint density at radius 1 is 1.35 bits per heavy atom. The van der Waals surface area contributed by atoms with Crippen LogP contribution in [0.25, 0.3) is 11.2 Å². The molecule has 0 fully saturated rings. The Bertz CT molecular complexity index is 722. The van der Waals surface area contributed by atoms with Crippen LogP contribution in [0.3, 0.4) is 0 Å². The van der Waals surface area contributed by atoms with Crippen molar-refractivity contribution in [1.29, 1.82) is 0 Å². The third-order valence-electron chi connectivity index (χ3n) is 2.92. The van der Waals surface area contributed by atoms with Gasteiger partial charge in [-0.1, -0.05) is 0 Å². The Morgan fingerprint density at radius 3 is 2.70 bits per heavy atom. The van der Waals surface area contributed by atoms with Gasteiger partial charge in [0.05, 0.1) is 32.2 Å². The number of aromatic nitrogens is 4. The van der Waals surface area contributed by atoms with Gasteiger partial charge in [0, 0.05) is 5.82 Å². The molecule has 3 N–H and O–H groups in total. The summed E-state index contributed by atoms with van der Waals surface area (Å²) in [6, 6.07) is 0. The van der Waals surface area contributed by atoms with E-state index in [2.05, 4.69) is 15.0 Å². The van der Waals surface area contributed by atoms with E-state index < -0.39 is 13.7 Å². The Kier molecular flexibility index (Phi) is 5.84. The fourth-order valence-electron chi connectivity index (χ4n) is 1.98. The molecule has 126 valence electrons. The molecule has 0 aliphatic carbocycles. The van der Waals surface area contributed by atoms with Gasteiger partial charge in [-0.05, 0) is 19.9 Å². The van der Waals surface area contributed by atoms with E-state index in [4.69, 9.17) is 14.8 Å². The summed E-state index contributed by atoms with van der Waals surface area (Å²) in [5.41, 5.74) is 6.70. The molecule has 0 spiro atoms. The normalized spacial score (nSPS) is 13.9. The van der Waals surface area contributed by atoms with Crippen molar-refractivity contribution in [2.75, 3.05) is 18.9 Å². The molecule has 2 rings (SSSR count). The molecular formula is C13H20N5O4P. The number of nitrogens with zero attached hydrogens (tertiary/aromatic N) is 4. The van der Waals surface area contributed by atoms with E-state index in [0.29, 0.717) is 11.2 Å². The van der Waals surface area contributed by atoms with Gasteiger partial charge in [0.15, 0.2) is 11.5 Å². The third kappa shape index (κ3) is 4.35. The van der Waals surface area contributed by atoms with Gasteiger partial charge in [0.2, 0.25) is 0 Å². The number of aliphatic hydroxyl groups is 1. The maximum Gasteiger partial charge on any atom is 0.353 e. The quantitative estimate of drug-likeness (QED) is 0.693. The van der Waals surface area contributed by atoms with Crippen LogP contribution < -0.4 is 5.73 Å². The summed E-state index contributed by atoms with van der Waals surface area (Å²) in [4.78, 5) is 12.1. The molecule has 0 bridgehead atoms. The topological polar surface area (TPSA) is 125 Å². The highest BCUT2D eigenvalue weighted by molar-refractivity contribution is 7.57. The highest BCUT2D eigenvalue weighted by atomic mass is 31.2. The van der Waals surface area contributed by atoms with E-state index >= 15 is 0 Å². The van der Waals surface area contributed by atoms with Gasteiger partial charge in [-0.25, -0.2) is 15.0 Å². The van der Waals surface area contributed by atoms with E-state index in [9.17, 15) is 9.67 Å². The number of aliphatic hydroxyl groups excluding tert-OH is 1. The summed E-state index contributed by atoms with van der Waals surface area (Å²) < 4.78 is 24.2. The first-order valence-electron chi connectivity index (χ1n) is 7.16. The van der Waals surface area contributed by atoms with Crippen LogP contribution in [-0.2, 0) is 20.2 Å². The number of nitrogen functional groups attached to an aromatic ring is 1. The molecule has 2 aromatic heterocycles. The molecule has 0 saturated carbocycles. The standard InChI is InChI=1S/C13H20N5O4P/c1-3-21-23(20,22-4-2)6-5-10(19)7-18-9-17-11-12(14)15-8-16-13(11)18/h5-6,8-10,19H,3-4,7H2,1-2H3,(H2,14,15,16). The van der Waals surface area contributed by atoms with Gasteiger partial charge in [0.25, 0.3) is 0 Å². The lowest BCUT2D eigenvalue weighted by atomic mass is 10.3. The van der Waals surface area contributed by atoms with Crippen molar-refractivity contribution in [2.24, 2.45) is 0 Å². The van der Waals surface area contributed by atoms with E-state index in [1.54, 1.807) is 18.4 Å². The number of imidazole rings is 1. The molecule has 0 aliphatic rings. The minimum absolute atomic E-state index is 0.168. The molecule has 0 amide bonds. The van der Waals surface area contributed by atoms with Gasteiger partial charge >= 0.3 is 7.60 Å². The number of rotatable bonds is 8. The summed E-state index contributed by atoms with van der Waals surface area (Å²) in [5, 5.41) is 10.1. The molecule has 2 aromatic rings. The van der Waals surface area contributed by atoms with Crippen LogP contribution in [0.2, 0.25) is 0 Å². The SMILES string of the molecule is CCOP(=O)(C=CC(O)Cn1cnc2c(N)ncnc21)OCC. The van der Waals surface area contributed by atoms with Crippen LogP contribution in [-0.4, -0.2) is 43.9 Å². The van der Waals surface area contributed by atoms with Crippen LogP contribution in [0, 0.1) is 0 Å². The Labute approximate surface area is 133 Å². The largest absolute Gasteiger partial charge is 0.387 e. The van der Waals surface area contributed by atoms with Crippen LogP contribution in [0.5, 0.6) is 0 Å². The van der Waals surface area contributed by atoms with Crippen molar-refractivity contribution >= 4 is 24.6 Å². The Morgan fingerprint density at radius 2 is 2.04 bits per heavy atom. The average molecular weight is 341 g/mol. The molecule has 0 saturated heterocycles. The number of hydrogen-bond donors (Lipinski definition) is 2. The summed E-state index contributed by atoms with van der Waals surface area (Å²) in [6.07, 6.45) is 3.30. The third-order valence-corrected chi connectivity index (χ3v) is 4.70. The second kappa shape index (κ2) is 7.65. The van der Waals surface area contributed by atoms with Crippen molar-refractivity contribution in [3.8, 4) is 0 Å². The summed E-state index contributed by atoms with van der Waals surface area (Å²) in [7, 11) is -3.33. The molecule has 0 aliphatic heterocycles. The molecule has 23 heavy (non-hydrogen) atoms. The van der Waals surface area contributed by atoms with Gasteiger partial charge < -0.3 is 24.5 Å². The molecule has 1 atom stereocenters. The predicted molar refractivity (Wildman–Crippen MR) is 85.7 cm³/mol. The van der Waals surface area contributed by atoms with Crippen LogP contribution >= 0.6 is 7.60 Å². The van der Waals surface area contributed by atoms with Crippen molar-refractivity contribution < 1.29 is 18.7 Å². The van der Waals surface area contributed by atoms with Crippen molar-refractivity contribution in [3.05, 3.63) is 24.5 Å². The minimum Gasteiger partial charge on any atom is -0.387 e. The van der Waals surface area contributed by atoms with Gasteiger partial charge in [-0.2, -0.15) is 0 Å². The minimum atomic E-state index is -3.33. The van der Waals surface area contributed by atoms with Gasteiger partial charge in [-0.15, -0.1) is 0 Å². The van der Waals surface area contributed by atoms with E-state index in [-0.39, 0.29) is 25.6 Å². The first-order chi connectivity index (χ1) is 11.0. The Balaban J connectivity index is 2.11. The van der Waals surface area contributed by atoms with E-state index in [0.717, 1.165) is 0 Å². The zero-order valence-corrected chi connectivity index (χ0v) is 13.9. The first kappa shape index (κ1) is 17.6. The first-order valence-corrected chi connectivity index (χ1v) is 8.77. The van der Waals surface area contributed by atoms with Crippen LogP contribution in [0.1, 0.15) is 13.8 Å². The zero-order valence-electron chi connectivity index (χ0n) is 13.0. The molecule has 0 radical (unpaired) electrons. The van der Waals surface area contributed by atoms with Crippen LogP contribution in [0.15, 0.2) is 24.5 Å². The second-order valence-electron chi connectivity index (χ2n) is 4.61. The molecule has 10 heteroatoms. The smallest absolute Gasteiger partial charge is 0.353 e. The molecular weight excluding hydrogens is 321 g/mol. The van der Waals surface area contributed by atoms with Gasteiger partial charge in [-0.3, -0.25) is 4.57 Å². The summed E-state index contributed by atoms with van der Waals surface area (Å²) >= 11 is 0. The highest BCUT2D eigenvalue weighted by Crippen LogP contribution is 2.49. The van der Waals surface area contributed by atoms with Crippen molar-refractivity contribution in [1.82, 2.24) is 19.5 Å². The Hall–Kier alpha value is -1.80. The van der Waals surface area contributed by atoms with Crippen molar-refractivity contribution in [2.45, 2.75) is 26.5 Å². The fraction of sp³-hybridized carbons (Fsp3) is 0.462. The van der Waals surface area contributed by atoms with Crippen LogP contribution in [0.4, 0.5) is 5.82 Å². The number of nitrogens with two attached hydrogens (primary N) is 1. The van der Waals surface area contributed by atoms with E-state index in [1.165, 1.54) is 24.5 Å².